The van der Waals surface area contributed by atoms with Crippen LogP contribution in [-0.2, 0) is 4.74 Å². The van der Waals surface area contributed by atoms with Gasteiger partial charge < -0.3 is 10.5 Å². The maximum atomic E-state index is 5.52. The summed E-state index contributed by atoms with van der Waals surface area (Å²) in [5.41, 5.74) is 5.96. The number of hydrogen-bond donors (Lipinski definition) is 1. The van der Waals surface area contributed by atoms with Crippen LogP contribution in [0.15, 0.2) is 0 Å². The molecule has 0 spiro atoms. The van der Waals surface area contributed by atoms with Crippen molar-refractivity contribution in [3.8, 4) is 0 Å². The predicted octanol–water partition coefficient (Wildman–Crippen LogP) is 1.01. The van der Waals surface area contributed by atoms with Crippen molar-refractivity contribution in [3.05, 3.63) is 0 Å². The van der Waals surface area contributed by atoms with Crippen LogP contribution in [-0.4, -0.2) is 19.8 Å². The van der Waals surface area contributed by atoms with Crippen LogP contribution in [0.5, 0.6) is 0 Å². The van der Waals surface area contributed by atoms with Crippen molar-refractivity contribution in [2.24, 2.45) is 17.1 Å². The molecule has 0 aromatic rings. The molecule has 2 nitrogen and oxygen atoms in total. The Balaban J connectivity index is 2.22. The Kier molecular flexibility index (Phi) is 2.32. The van der Waals surface area contributed by atoms with Gasteiger partial charge in [-0.1, -0.05) is 13.8 Å². The normalized spacial score (nSPS) is 25.5. The minimum absolute atomic E-state index is 0.443. The molecule has 1 saturated heterocycles. The van der Waals surface area contributed by atoms with E-state index in [1.807, 2.05) is 0 Å². The van der Waals surface area contributed by atoms with E-state index in [2.05, 4.69) is 13.8 Å². The lowest BCUT2D eigenvalue weighted by Gasteiger charge is -2.39. The summed E-state index contributed by atoms with van der Waals surface area (Å²) in [6.07, 6.45) is 1.21. The van der Waals surface area contributed by atoms with E-state index in [1.165, 1.54) is 6.42 Å². The van der Waals surface area contributed by atoms with E-state index in [4.69, 9.17) is 10.5 Å². The Morgan fingerprint density at radius 3 is 2.50 bits per heavy atom. The molecule has 0 aromatic carbocycles. The summed E-state index contributed by atoms with van der Waals surface area (Å²) >= 11 is 0. The fourth-order valence-electron chi connectivity index (χ4n) is 1.49. The molecule has 1 unspecified atom stereocenters. The largest absolute Gasteiger partial charge is 0.380 e. The second-order valence-corrected chi connectivity index (χ2v) is 3.85. The highest BCUT2D eigenvalue weighted by atomic mass is 16.5. The number of hydrogen-bond acceptors (Lipinski definition) is 2. The Labute approximate surface area is 62.7 Å². The Bertz CT molecular complexity index is 110. The molecule has 10 heavy (non-hydrogen) atoms. The number of rotatable bonds is 3. The lowest BCUT2D eigenvalue weighted by atomic mass is 9.80. The second-order valence-electron chi connectivity index (χ2n) is 3.85. The molecule has 1 rings (SSSR count). The number of nitrogens with two attached hydrogens (primary N) is 1. The van der Waals surface area contributed by atoms with Crippen molar-refractivity contribution in [1.29, 1.82) is 0 Å². The van der Waals surface area contributed by atoms with E-state index in [1.54, 1.807) is 0 Å². The molecule has 1 heterocycles. The van der Waals surface area contributed by atoms with Crippen LogP contribution < -0.4 is 5.73 Å². The molecule has 60 valence electrons. The lowest BCUT2D eigenvalue weighted by Crippen LogP contribution is -2.41. The van der Waals surface area contributed by atoms with Gasteiger partial charge >= 0.3 is 0 Å². The Morgan fingerprint density at radius 2 is 2.20 bits per heavy atom. The summed E-state index contributed by atoms with van der Waals surface area (Å²) in [5.74, 6) is 0.647. The summed E-state index contributed by atoms with van der Waals surface area (Å²) in [6, 6.07) is 0. The summed E-state index contributed by atoms with van der Waals surface area (Å²) in [4.78, 5) is 0. The molecule has 1 atom stereocenters. The fourth-order valence-corrected chi connectivity index (χ4v) is 1.49. The van der Waals surface area contributed by atoms with Crippen molar-refractivity contribution >= 4 is 0 Å². The van der Waals surface area contributed by atoms with Gasteiger partial charge in [0.2, 0.25) is 0 Å². The van der Waals surface area contributed by atoms with Crippen LogP contribution in [0.1, 0.15) is 20.3 Å². The molecule has 0 bridgehead atoms. The molecule has 0 aliphatic carbocycles. The monoisotopic (exact) mass is 143 g/mol. The molecule has 2 N–H and O–H groups in total. The van der Waals surface area contributed by atoms with Crippen molar-refractivity contribution in [1.82, 2.24) is 0 Å². The van der Waals surface area contributed by atoms with Crippen LogP contribution in [0.2, 0.25) is 0 Å². The molecule has 0 aromatic heterocycles. The van der Waals surface area contributed by atoms with E-state index in [0.29, 0.717) is 11.3 Å². The molecule has 1 aliphatic rings. The van der Waals surface area contributed by atoms with Gasteiger partial charge in [-0.25, -0.2) is 0 Å². The molecule has 0 radical (unpaired) electrons. The van der Waals surface area contributed by atoms with Crippen molar-refractivity contribution in [2.75, 3.05) is 19.8 Å². The maximum Gasteiger partial charge on any atom is 0.0542 e. The third kappa shape index (κ3) is 1.70. The summed E-state index contributed by atoms with van der Waals surface area (Å²) in [7, 11) is 0. The summed E-state index contributed by atoms with van der Waals surface area (Å²) < 4.78 is 5.14. The van der Waals surface area contributed by atoms with E-state index in [9.17, 15) is 0 Å². The molecular weight excluding hydrogens is 126 g/mol. The number of ether oxygens (including phenoxy) is 1. The SMILES string of the molecule is CC(CN)CC1(C)COC1. The molecule has 1 aliphatic heterocycles. The first-order valence-electron chi connectivity index (χ1n) is 3.94. The Hall–Kier alpha value is -0.0800. The third-order valence-corrected chi connectivity index (χ3v) is 2.14. The third-order valence-electron chi connectivity index (χ3n) is 2.14. The summed E-state index contributed by atoms with van der Waals surface area (Å²) in [5, 5.41) is 0. The van der Waals surface area contributed by atoms with Gasteiger partial charge in [0, 0.05) is 5.41 Å². The molecule has 1 fully saturated rings. The zero-order valence-electron chi connectivity index (χ0n) is 6.89. The van der Waals surface area contributed by atoms with E-state index >= 15 is 0 Å². The van der Waals surface area contributed by atoms with Gasteiger partial charge in [-0.05, 0) is 18.9 Å². The molecule has 0 amide bonds. The van der Waals surface area contributed by atoms with Crippen LogP contribution in [0.3, 0.4) is 0 Å². The highest BCUT2D eigenvalue weighted by Gasteiger charge is 2.34. The fraction of sp³-hybridized carbons (Fsp3) is 1.00. The molecular formula is C8H17NO. The van der Waals surface area contributed by atoms with Gasteiger partial charge in [0.25, 0.3) is 0 Å². The van der Waals surface area contributed by atoms with Gasteiger partial charge in [-0.15, -0.1) is 0 Å². The maximum absolute atomic E-state index is 5.52. The standard InChI is InChI=1S/C8H17NO/c1-7(4-9)3-8(2)5-10-6-8/h7H,3-6,9H2,1-2H3. The molecule has 2 heteroatoms. The highest BCUT2D eigenvalue weighted by molar-refractivity contribution is 4.82. The van der Waals surface area contributed by atoms with Crippen molar-refractivity contribution in [2.45, 2.75) is 20.3 Å². The minimum atomic E-state index is 0.443. The average molecular weight is 143 g/mol. The minimum Gasteiger partial charge on any atom is -0.380 e. The van der Waals surface area contributed by atoms with E-state index in [0.717, 1.165) is 19.8 Å². The zero-order valence-corrected chi connectivity index (χ0v) is 6.89. The first-order chi connectivity index (χ1) is 4.66. The zero-order chi connectivity index (χ0) is 7.61. The quantitative estimate of drug-likeness (QED) is 0.640. The average Bonchev–Trinajstić information content (AvgIpc) is 1.84. The van der Waals surface area contributed by atoms with Crippen molar-refractivity contribution < 1.29 is 4.74 Å². The van der Waals surface area contributed by atoms with Gasteiger partial charge in [0.05, 0.1) is 13.2 Å². The van der Waals surface area contributed by atoms with Crippen molar-refractivity contribution in [3.63, 3.8) is 0 Å². The van der Waals surface area contributed by atoms with E-state index < -0.39 is 0 Å². The lowest BCUT2D eigenvalue weighted by molar-refractivity contribution is -0.111. The summed E-state index contributed by atoms with van der Waals surface area (Å²) in [6.45, 7) is 7.12. The van der Waals surface area contributed by atoms with E-state index in [-0.39, 0.29) is 0 Å². The van der Waals surface area contributed by atoms with Gasteiger partial charge in [0.1, 0.15) is 0 Å². The second kappa shape index (κ2) is 2.89. The Morgan fingerprint density at radius 1 is 1.60 bits per heavy atom. The van der Waals surface area contributed by atoms with Gasteiger partial charge in [-0.2, -0.15) is 0 Å². The highest BCUT2D eigenvalue weighted by Crippen LogP contribution is 2.33. The first-order valence-corrected chi connectivity index (χ1v) is 3.94. The van der Waals surface area contributed by atoms with Crippen LogP contribution in [0.4, 0.5) is 0 Å². The van der Waals surface area contributed by atoms with Crippen LogP contribution in [0, 0.1) is 11.3 Å². The predicted molar refractivity (Wildman–Crippen MR) is 41.8 cm³/mol. The smallest absolute Gasteiger partial charge is 0.0542 e. The van der Waals surface area contributed by atoms with Gasteiger partial charge in [0.15, 0.2) is 0 Å². The van der Waals surface area contributed by atoms with Gasteiger partial charge in [-0.3, -0.25) is 0 Å². The van der Waals surface area contributed by atoms with Crippen LogP contribution >= 0.6 is 0 Å². The topological polar surface area (TPSA) is 35.2 Å². The van der Waals surface area contributed by atoms with Crippen LogP contribution in [0.25, 0.3) is 0 Å². The molecule has 0 saturated carbocycles. The first kappa shape index (κ1) is 8.02.